The van der Waals surface area contributed by atoms with Crippen molar-refractivity contribution < 1.29 is 13.2 Å². The Morgan fingerprint density at radius 2 is 1.97 bits per heavy atom. The Morgan fingerprint density at radius 3 is 2.67 bits per heavy atom. The van der Waals surface area contributed by atoms with Gasteiger partial charge in [-0.1, -0.05) is 18.2 Å². The number of tetrazole rings is 1. The topological polar surface area (TPSA) is 152 Å². The average Bonchev–Trinajstić information content (AvgIpc) is 3.50. The zero-order chi connectivity index (χ0) is 22.8. The highest BCUT2D eigenvalue weighted by atomic mass is 32.2. The lowest BCUT2D eigenvalue weighted by atomic mass is 10.1. The number of sulfone groups is 1. The largest absolute Gasteiger partial charge is 0.456 e. The lowest BCUT2D eigenvalue weighted by molar-refractivity contribution is 0.479. The molecule has 5 aromatic rings. The number of H-pyrrole nitrogens is 2. The number of pyridine rings is 2. The molecular formula is C21H18N8O3S. The molecule has 0 aliphatic heterocycles. The molecule has 11 nitrogen and oxygen atoms in total. The number of nitrogens with one attached hydrogen (secondary N) is 2. The van der Waals surface area contributed by atoms with Crippen LogP contribution in [0.3, 0.4) is 0 Å². The first-order valence-electron chi connectivity index (χ1n) is 10.0. The molecule has 1 aromatic carbocycles. The van der Waals surface area contributed by atoms with Crippen molar-refractivity contribution in [3.05, 3.63) is 66.2 Å². The summed E-state index contributed by atoms with van der Waals surface area (Å²) in [7, 11) is -3.38. The van der Waals surface area contributed by atoms with Gasteiger partial charge in [0.2, 0.25) is 0 Å². The SMILES string of the molecule is CCS(=O)(=O)c1ccc(Oc2cc(Cc3nn[nH]n3)c3nc(-c4ccccn4)[nH]c3c2)cn1. The monoisotopic (exact) mass is 462 g/mol. The zero-order valence-electron chi connectivity index (χ0n) is 17.4. The minimum atomic E-state index is -3.38. The smallest absolute Gasteiger partial charge is 0.195 e. The van der Waals surface area contributed by atoms with Gasteiger partial charge in [-0.2, -0.15) is 5.21 Å². The van der Waals surface area contributed by atoms with Crippen LogP contribution in [0.2, 0.25) is 0 Å². The molecule has 0 aliphatic carbocycles. The van der Waals surface area contributed by atoms with Gasteiger partial charge in [0.25, 0.3) is 0 Å². The number of benzene rings is 1. The van der Waals surface area contributed by atoms with E-state index in [4.69, 9.17) is 9.72 Å². The van der Waals surface area contributed by atoms with Gasteiger partial charge in [0.1, 0.15) is 17.2 Å². The standard InChI is InChI=1S/C21H18N8O3S/c1-2-33(30,31)19-7-6-14(12-23-19)32-15-9-13(10-18-26-28-29-27-18)20-17(11-15)24-21(25-20)16-5-3-4-8-22-16/h3-9,11-12H,2,10H2,1H3,(H,24,25)(H,26,27,28,29). The fraction of sp³-hybridized carbons (Fsp3) is 0.143. The van der Waals surface area contributed by atoms with Crippen molar-refractivity contribution in [2.24, 2.45) is 0 Å². The zero-order valence-corrected chi connectivity index (χ0v) is 18.2. The number of fused-ring (bicyclic) bond motifs is 1. The lowest BCUT2D eigenvalue weighted by Crippen LogP contribution is -2.05. The van der Waals surface area contributed by atoms with Gasteiger partial charge in [-0.05, 0) is 35.9 Å². The average molecular weight is 462 g/mol. The number of nitrogens with zero attached hydrogens (tertiary/aromatic N) is 6. The van der Waals surface area contributed by atoms with Crippen LogP contribution in [0.25, 0.3) is 22.6 Å². The van der Waals surface area contributed by atoms with Crippen molar-refractivity contribution in [2.45, 2.75) is 18.4 Å². The molecule has 0 amide bonds. The third kappa shape index (κ3) is 4.28. The highest BCUT2D eigenvalue weighted by molar-refractivity contribution is 7.91. The summed E-state index contributed by atoms with van der Waals surface area (Å²) in [6.45, 7) is 1.57. The van der Waals surface area contributed by atoms with Crippen molar-refractivity contribution >= 4 is 20.9 Å². The number of aromatic nitrogens is 8. The molecule has 4 heterocycles. The van der Waals surface area contributed by atoms with Crippen molar-refractivity contribution in [1.82, 2.24) is 40.6 Å². The van der Waals surface area contributed by atoms with Gasteiger partial charge < -0.3 is 9.72 Å². The van der Waals surface area contributed by atoms with Crippen molar-refractivity contribution in [2.75, 3.05) is 5.75 Å². The normalized spacial score (nSPS) is 11.7. The Hall–Kier alpha value is -4.19. The Bertz CT molecular complexity index is 1500. The first kappa shape index (κ1) is 20.7. The third-order valence-corrected chi connectivity index (χ3v) is 6.57. The Kier molecular flexibility index (Phi) is 5.26. The fourth-order valence-corrected chi connectivity index (χ4v) is 4.09. The van der Waals surface area contributed by atoms with E-state index in [-0.39, 0.29) is 10.8 Å². The second-order valence-electron chi connectivity index (χ2n) is 7.12. The van der Waals surface area contributed by atoms with Crippen LogP contribution in [-0.4, -0.2) is 54.7 Å². The number of rotatable bonds is 7. The summed E-state index contributed by atoms with van der Waals surface area (Å²) in [5.41, 5.74) is 3.00. The lowest BCUT2D eigenvalue weighted by Gasteiger charge is -2.08. The van der Waals surface area contributed by atoms with Gasteiger partial charge in [0.05, 0.1) is 23.0 Å². The maximum Gasteiger partial charge on any atom is 0.195 e. The molecule has 0 radical (unpaired) electrons. The molecular weight excluding hydrogens is 444 g/mol. The molecule has 2 N–H and O–H groups in total. The quantitative estimate of drug-likeness (QED) is 0.372. The number of hydrogen-bond acceptors (Lipinski definition) is 9. The minimum Gasteiger partial charge on any atom is -0.456 e. The Morgan fingerprint density at radius 1 is 1.06 bits per heavy atom. The molecule has 0 saturated carbocycles. The fourth-order valence-electron chi connectivity index (χ4n) is 3.30. The summed E-state index contributed by atoms with van der Waals surface area (Å²) in [5.74, 6) is 2.03. The summed E-state index contributed by atoms with van der Waals surface area (Å²) < 4.78 is 30.0. The van der Waals surface area contributed by atoms with Crippen LogP contribution in [0, 0.1) is 0 Å². The molecule has 0 fully saturated rings. The van der Waals surface area contributed by atoms with Gasteiger partial charge >= 0.3 is 0 Å². The van der Waals surface area contributed by atoms with Crippen LogP contribution >= 0.6 is 0 Å². The van der Waals surface area contributed by atoms with Crippen LogP contribution in [0.5, 0.6) is 11.5 Å². The Balaban J connectivity index is 1.53. The summed E-state index contributed by atoms with van der Waals surface area (Å²) in [6.07, 6.45) is 3.47. The molecule has 33 heavy (non-hydrogen) atoms. The van der Waals surface area contributed by atoms with E-state index in [9.17, 15) is 8.42 Å². The highest BCUT2D eigenvalue weighted by Gasteiger charge is 2.16. The summed E-state index contributed by atoms with van der Waals surface area (Å²) in [4.78, 5) is 16.4. The van der Waals surface area contributed by atoms with E-state index >= 15 is 0 Å². The van der Waals surface area contributed by atoms with E-state index in [0.29, 0.717) is 35.3 Å². The molecule has 0 aliphatic rings. The summed E-state index contributed by atoms with van der Waals surface area (Å²) >= 11 is 0. The van der Waals surface area contributed by atoms with Crippen LogP contribution < -0.4 is 4.74 Å². The highest BCUT2D eigenvalue weighted by Crippen LogP contribution is 2.30. The van der Waals surface area contributed by atoms with Gasteiger partial charge in [0, 0.05) is 18.7 Å². The first-order valence-corrected chi connectivity index (χ1v) is 11.7. The van der Waals surface area contributed by atoms with Crippen LogP contribution in [0.1, 0.15) is 18.3 Å². The molecule has 4 aromatic heterocycles. The molecule has 0 saturated heterocycles. The summed E-state index contributed by atoms with van der Waals surface area (Å²) in [5, 5.41) is 14.1. The van der Waals surface area contributed by atoms with Crippen molar-refractivity contribution in [1.29, 1.82) is 0 Å². The molecule has 0 spiro atoms. The molecule has 166 valence electrons. The Labute approximate surface area is 188 Å². The minimum absolute atomic E-state index is 0.0131. The third-order valence-electron chi connectivity index (χ3n) is 4.93. The first-order chi connectivity index (χ1) is 16.0. The van der Waals surface area contributed by atoms with E-state index in [1.807, 2.05) is 30.3 Å². The number of aromatic amines is 2. The molecule has 0 unspecified atom stereocenters. The van der Waals surface area contributed by atoms with Gasteiger partial charge in [-0.15, -0.1) is 10.2 Å². The maximum atomic E-state index is 12.0. The van der Waals surface area contributed by atoms with Crippen LogP contribution in [-0.2, 0) is 16.3 Å². The molecule has 0 bridgehead atoms. The molecule has 12 heteroatoms. The molecule has 5 rings (SSSR count). The second kappa shape index (κ2) is 8.39. The number of hydrogen-bond donors (Lipinski definition) is 2. The maximum absolute atomic E-state index is 12.0. The molecule has 0 atom stereocenters. The van der Waals surface area contributed by atoms with Gasteiger partial charge in [0.15, 0.2) is 26.5 Å². The van der Waals surface area contributed by atoms with Crippen molar-refractivity contribution in [3.8, 4) is 23.0 Å². The van der Waals surface area contributed by atoms with E-state index < -0.39 is 9.84 Å². The summed E-state index contributed by atoms with van der Waals surface area (Å²) in [6, 6.07) is 12.2. The van der Waals surface area contributed by atoms with E-state index in [1.54, 1.807) is 19.2 Å². The van der Waals surface area contributed by atoms with E-state index in [0.717, 1.165) is 16.6 Å². The second-order valence-corrected chi connectivity index (χ2v) is 9.35. The van der Waals surface area contributed by atoms with Crippen molar-refractivity contribution in [3.63, 3.8) is 0 Å². The van der Waals surface area contributed by atoms with Crippen LogP contribution in [0.15, 0.2) is 59.9 Å². The predicted octanol–water partition coefficient (Wildman–Crippen LogP) is 2.71. The number of imidazole rings is 1. The van der Waals surface area contributed by atoms with Gasteiger partial charge in [-0.25, -0.2) is 18.4 Å². The van der Waals surface area contributed by atoms with E-state index in [1.165, 1.54) is 12.3 Å². The van der Waals surface area contributed by atoms with E-state index in [2.05, 4.69) is 35.6 Å². The predicted molar refractivity (Wildman–Crippen MR) is 118 cm³/mol. The van der Waals surface area contributed by atoms with Crippen LogP contribution in [0.4, 0.5) is 0 Å². The number of ether oxygens (including phenoxy) is 1. The van der Waals surface area contributed by atoms with Gasteiger partial charge in [-0.3, -0.25) is 4.98 Å².